The minimum absolute atomic E-state index is 0.136. The van der Waals surface area contributed by atoms with Crippen molar-refractivity contribution in [1.82, 2.24) is 4.73 Å². The lowest BCUT2D eigenvalue weighted by Gasteiger charge is -2.00. The van der Waals surface area contributed by atoms with E-state index in [1.54, 1.807) is 6.92 Å². The van der Waals surface area contributed by atoms with Gasteiger partial charge < -0.3 is 9.94 Å². The quantitative estimate of drug-likeness (QED) is 0.527. The third kappa shape index (κ3) is 2.08. The molecule has 0 saturated carbocycles. The minimum Gasteiger partial charge on any atom is -0.462 e. The number of ether oxygens (including phenoxy) is 1. The van der Waals surface area contributed by atoms with Gasteiger partial charge in [0.25, 0.3) is 5.56 Å². The van der Waals surface area contributed by atoms with Crippen molar-refractivity contribution < 1.29 is 14.7 Å². The molecule has 0 aliphatic heterocycles. The van der Waals surface area contributed by atoms with Crippen LogP contribution in [0.15, 0.2) is 23.1 Å². The maximum Gasteiger partial charge on any atom is 0.338 e. The van der Waals surface area contributed by atoms with Crippen molar-refractivity contribution in [3.8, 4) is 0 Å². The molecule has 0 aromatic carbocycles. The van der Waals surface area contributed by atoms with Crippen LogP contribution in [-0.4, -0.2) is 22.5 Å². The first-order valence-electron chi connectivity index (χ1n) is 3.74. The lowest BCUT2D eigenvalue weighted by atomic mass is 10.3. The number of rotatable bonds is 2. The van der Waals surface area contributed by atoms with Gasteiger partial charge in [0.15, 0.2) is 0 Å². The summed E-state index contributed by atoms with van der Waals surface area (Å²) in [5.41, 5.74) is -0.525. The molecule has 0 radical (unpaired) electrons. The van der Waals surface area contributed by atoms with E-state index in [1.165, 1.54) is 6.07 Å². The van der Waals surface area contributed by atoms with Gasteiger partial charge in [0, 0.05) is 12.3 Å². The van der Waals surface area contributed by atoms with Crippen LogP contribution in [0.5, 0.6) is 0 Å². The molecule has 5 heteroatoms. The van der Waals surface area contributed by atoms with E-state index >= 15 is 0 Å². The number of carbonyl (C=O) groups excluding carboxylic acids is 1. The molecule has 70 valence electrons. The van der Waals surface area contributed by atoms with Crippen LogP contribution >= 0.6 is 0 Å². The second-order valence-corrected chi connectivity index (χ2v) is 2.32. The normalized spacial score (nSPS) is 9.62. The van der Waals surface area contributed by atoms with Crippen molar-refractivity contribution in [1.29, 1.82) is 0 Å². The monoisotopic (exact) mass is 183 g/mol. The van der Waals surface area contributed by atoms with Crippen LogP contribution in [0.3, 0.4) is 0 Å². The minimum atomic E-state index is -0.662. The molecule has 0 amide bonds. The van der Waals surface area contributed by atoms with Crippen LogP contribution in [0.4, 0.5) is 0 Å². The fourth-order valence-electron chi connectivity index (χ4n) is 0.813. The standard InChI is InChI=1S/C8H9NO4/c1-2-13-8(11)6-3-4-9(12)7(10)5-6/h3-5,12H,2H2,1H3. The molecule has 1 heterocycles. The third-order valence-electron chi connectivity index (χ3n) is 1.41. The van der Waals surface area contributed by atoms with Gasteiger partial charge >= 0.3 is 5.97 Å². The highest BCUT2D eigenvalue weighted by molar-refractivity contribution is 5.89. The summed E-state index contributed by atoms with van der Waals surface area (Å²) in [7, 11) is 0. The van der Waals surface area contributed by atoms with E-state index in [2.05, 4.69) is 4.74 Å². The summed E-state index contributed by atoms with van der Waals surface area (Å²) in [6, 6.07) is 2.32. The van der Waals surface area contributed by atoms with Gasteiger partial charge in [0.2, 0.25) is 0 Å². The van der Waals surface area contributed by atoms with E-state index in [4.69, 9.17) is 5.21 Å². The van der Waals surface area contributed by atoms with E-state index in [0.29, 0.717) is 4.73 Å². The lowest BCUT2D eigenvalue weighted by Crippen LogP contribution is -2.18. The molecule has 0 fully saturated rings. The predicted molar refractivity (Wildman–Crippen MR) is 43.8 cm³/mol. The van der Waals surface area contributed by atoms with E-state index < -0.39 is 11.5 Å². The maximum absolute atomic E-state index is 11.1. The average Bonchev–Trinajstić information content (AvgIpc) is 2.10. The van der Waals surface area contributed by atoms with E-state index in [1.807, 2.05) is 0 Å². The molecule has 1 rings (SSSR count). The summed E-state index contributed by atoms with van der Waals surface area (Å²) in [6.07, 6.45) is 1.09. The van der Waals surface area contributed by atoms with Gasteiger partial charge in [-0.2, -0.15) is 4.73 Å². The molecule has 1 N–H and O–H groups in total. The summed E-state index contributed by atoms with van der Waals surface area (Å²) < 4.78 is 5.05. The van der Waals surface area contributed by atoms with Gasteiger partial charge in [-0.25, -0.2) is 4.79 Å². The Morgan fingerprint density at radius 3 is 2.92 bits per heavy atom. The highest BCUT2D eigenvalue weighted by atomic mass is 16.5. The SMILES string of the molecule is CCOC(=O)c1ccn(O)c(=O)c1. The number of nitrogens with zero attached hydrogens (tertiary/aromatic N) is 1. The van der Waals surface area contributed by atoms with Crippen molar-refractivity contribution in [3.63, 3.8) is 0 Å². The number of hydrogen-bond acceptors (Lipinski definition) is 4. The van der Waals surface area contributed by atoms with Crippen LogP contribution in [0.2, 0.25) is 0 Å². The van der Waals surface area contributed by atoms with Crippen molar-refractivity contribution in [3.05, 3.63) is 34.2 Å². The van der Waals surface area contributed by atoms with Gasteiger partial charge in [-0.3, -0.25) is 4.79 Å². The Bertz CT molecular complexity index is 369. The zero-order valence-electron chi connectivity index (χ0n) is 7.06. The molecule has 0 spiro atoms. The average molecular weight is 183 g/mol. The number of pyridine rings is 1. The molecular weight excluding hydrogens is 174 g/mol. The van der Waals surface area contributed by atoms with Crippen molar-refractivity contribution in [2.24, 2.45) is 0 Å². The smallest absolute Gasteiger partial charge is 0.338 e. The zero-order chi connectivity index (χ0) is 9.84. The third-order valence-corrected chi connectivity index (χ3v) is 1.41. The Kier molecular flexibility index (Phi) is 2.69. The summed E-state index contributed by atoms with van der Waals surface area (Å²) >= 11 is 0. The molecule has 0 saturated heterocycles. The maximum atomic E-state index is 11.1. The largest absolute Gasteiger partial charge is 0.462 e. The molecule has 0 atom stereocenters. The number of esters is 1. The number of hydrogen-bond donors (Lipinski definition) is 1. The number of carbonyl (C=O) groups is 1. The zero-order valence-corrected chi connectivity index (χ0v) is 7.06. The summed E-state index contributed by atoms with van der Waals surface area (Å²) in [5, 5.41) is 8.81. The molecule has 1 aromatic heterocycles. The van der Waals surface area contributed by atoms with Gasteiger partial charge in [-0.15, -0.1) is 0 Å². The first-order chi connectivity index (χ1) is 6.15. The van der Waals surface area contributed by atoms with Crippen molar-refractivity contribution in [2.75, 3.05) is 6.61 Å². The second-order valence-electron chi connectivity index (χ2n) is 2.32. The lowest BCUT2D eigenvalue weighted by molar-refractivity contribution is 0.0525. The molecule has 0 aliphatic carbocycles. The Hall–Kier alpha value is -1.78. The fourth-order valence-corrected chi connectivity index (χ4v) is 0.813. The van der Waals surface area contributed by atoms with Crippen LogP contribution in [0.25, 0.3) is 0 Å². The Balaban J connectivity index is 2.97. The van der Waals surface area contributed by atoms with Gasteiger partial charge in [0.1, 0.15) is 0 Å². The van der Waals surface area contributed by atoms with Crippen molar-refractivity contribution in [2.45, 2.75) is 6.92 Å². The Morgan fingerprint density at radius 1 is 1.69 bits per heavy atom. The molecule has 0 aliphatic rings. The second kappa shape index (κ2) is 3.75. The highest BCUT2D eigenvalue weighted by Gasteiger charge is 2.06. The molecule has 0 bridgehead atoms. The van der Waals surface area contributed by atoms with Gasteiger partial charge in [0.05, 0.1) is 12.2 Å². The predicted octanol–water partition coefficient (Wildman–Crippen LogP) is 0.262. The van der Waals surface area contributed by atoms with Crippen molar-refractivity contribution >= 4 is 5.97 Å². The first-order valence-corrected chi connectivity index (χ1v) is 3.74. The molecule has 5 nitrogen and oxygen atoms in total. The first kappa shape index (κ1) is 9.31. The fraction of sp³-hybridized carbons (Fsp3) is 0.250. The van der Waals surface area contributed by atoms with Crippen LogP contribution in [0.1, 0.15) is 17.3 Å². The van der Waals surface area contributed by atoms with Crippen LogP contribution in [0, 0.1) is 0 Å². The van der Waals surface area contributed by atoms with Crippen LogP contribution < -0.4 is 5.56 Å². The highest BCUT2D eigenvalue weighted by Crippen LogP contribution is 1.96. The summed E-state index contributed by atoms with van der Waals surface area (Å²) in [6.45, 7) is 1.92. The molecule has 0 unspecified atom stereocenters. The summed E-state index contributed by atoms with van der Waals surface area (Å²) in [5.74, 6) is -0.569. The van der Waals surface area contributed by atoms with Gasteiger partial charge in [-0.05, 0) is 13.0 Å². The summed E-state index contributed by atoms with van der Waals surface area (Å²) in [4.78, 5) is 21.9. The Morgan fingerprint density at radius 2 is 2.38 bits per heavy atom. The topological polar surface area (TPSA) is 68.5 Å². The van der Waals surface area contributed by atoms with E-state index in [9.17, 15) is 9.59 Å². The molecular formula is C8H9NO4. The molecule has 13 heavy (non-hydrogen) atoms. The van der Waals surface area contributed by atoms with Gasteiger partial charge in [-0.1, -0.05) is 0 Å². The number of aromatic nitrogens is 1. The van der Waals surface area contributed by atoms with E-state index in [-0.39, 0.29) is 12.2 Å². The van der Waals surface area contributed by atoms with E-state index in [0.717, 1.165) is 12.3 Å². The molecule has 1 aromatic rings. The Labute approximate surface area is 74.1 Å². The van der Waals surface area contributed by atoms with Crippen LogP contribution in [-0.2, 0) is 4.74 Å².